The Kier molecular flexibility index (Phi) is 6.39. The number of rotatable bonds is 6. The smallest absolute Gasteiger partial charge is 0.310 e. The van der Waals surface area contributed by atoms with Gasteiger partial charge >= 0.3 is 6.18 Å². The molecular weight excluding hydrogens is 312 g/mol. The first-order valence-corrected chi connectivity index (χ1v) is 7.60. The van der Waals surface area contributed by atoms with Gasteiger partial charge in [-0.25, -0.2) is 4.39 Å². The van der Waals surface area contributed by atoms with Gasteiger partial charge in [0, 0.05) is 18.8 Å². The quantitative estimate of drug-likeness (QED) is 0.740. The Hall–Kier alpha value is -1.37. The Morgan fingerprint density at radius 3 is 2.22 bits per heavy atom. The molecule has 0 radical (unpaired) electrons. The van der Waals surface area contributed by atoms with Gasteiger partial charge in [0.15, 0.2) is 0 Å². The van der Waals surface area contributed by atoms with E-state index in [1.165, 1.54) is 6.20 Å². The standard InChI is InChI=1S/C16H24F4N2O/c1-10(2)8-11(3)22-9-12(6-7-21(4)5)13(16(18,19)20)14(17)15(22)23/h9-11H,6-8H2,1-5H3. The van der Waals surface area contributed by atoms with E-state index in [-0.39, 0.29) is 23.9 Å². The van der Waals surface area contributed by atoms with E-state index >= 15 is 0 Å². The Balaban J connectivity index is 3.44. The second-order valence-electron chi connectivity index (χ2n) is 6.59. The van der Waals surface area contributed by atoms with Gasteiger partial charge in [0.05, 0.1) is 0 Å². The van der Waals surface area contributed by atoms with E-state index in [1.54, 1.807) is 25.9 Å². The molecule has 0 saturated heterocycles. The fourth-order valence-electron chi connectivity index (χ4n) is 2.62. The summed E-state index contributed by atoms with van der Waals surface area (Å²) < 4.78 is 54.7. The Bertz CT molecular complexity index is 591. The van der Waals surface area contributed by atoms with Crippen molar-refractivity contribution >= 4 is 0 Å². The van der Waals surface area contributed by atoms with Crippen LogP contribution in [0.5, 0.6) is 0 Å². The first-order chi connectivity index (χ1) is 10.4. The average Bonchev–Trinajstić information content (AvgIpc) is 2.37. The van der Waals surface area contributed by atoms with E-state index in [0.717, 1.165) is 4.57 Å². The highest BCUT2D eigenvalue weighted by Gasteiger charge is 2.39. The van der Waals surface area contributed by atoms with Crippen LogP contribution in [0.25, 0.3) is 0 Å². The lowest BCUT2D eigenvalue weighted by Crippen LogP contribution is -2.32. The van der Waals surface area contributed by atoms with Gasteiger partial charge < -0.3 is 9.47 Å². The number of alkyl halides is 3. The molecule has 3 nitrogen and oxygen atoms in total. The van der Waals surface area contributed by atoms with Crippen LogP contribution in [-0.2, 0) is 12.6 Å². The molecule has 0 aliphatic rings. The minimum atomic E-state index is -4.88. The third-order valence-electron chi connectivity index (χ3n) is 3.66. The molecular formula is C16H24F4N2O. The van der Waals surface area contributed by atoms with Crippen molar-refractivity contribution in [2.24, 2.45) is 5.92 Å². The SMILES string of the molecule is CC(C)CC(C)n1cc(CCN(C)C)c(C(F)(F)F)c(F)c1=O. The van der Waals surface area contributed by atoms with Crippen LogP contribution in [-0.4, -0.2) is 30.1 Å². The molecule has 1 heterocycles. The Morgan fingerprint density at radius 1 is 1.22 bits per heavy atom. The van der Waals surface area contributed by atoms with E-state index < -0.39 is 23.1 Å². The molecule has 1 unspecified atom stereocenters. The fourth-order valence-corrected chi connectivity index (χ4v) is 2.62. The van der Waals surface area contributed by atoms with Crippen LogP contribution in [0.1, 0.15) is 44.4 Å². The molecule has 0 saturated carbocycles. The van der Waals surface area contributed by atoms with Gasteiger partial charge in [0.25, 0.3) is 5.56 Å². The van der Waals surface area contributed by atoms with Crippen molar-refractivity contribution in [2.75, 3.05) is 20.6 Å². The number of likely N-dealkylation sites (N-methyl/N-ethyl adjacent to an activating group) is 1. The maximum Gasteiger partial charge on any atom is 0.419 e. The molecule has 23 heavy (non-hydrogen) atoms. The molecule has 0 aliphatic carbocycles. The Morgan fingerprint density at radius 2 is 1.78 bits per heavy atom. The monoisotopic (exact) mass is 336 g/mol. The first kappa shape index (κ1) is 19.7. The van der Waals surface area contributed by atoms with Crippen LogP contribution in [0.3, 0.4) is 0 Å². The highest BCUT2D eigenvalue weighted by atomic mass is 19.4. The van der Waals surface area contributed by atoms with Crippen molar-refractivity contribution in [3.63, 3.8) is 0 Å². The van der Waals surface area contributed by atoms with Crippen molar-refractivity contribution in [1.29, 1.82) is 0 Å². The van der Waals surface area contributed by atoms with Crippen LogP contribution in [0.2, 0.25) is 0 Å². The second kappa shape index (κ2) is 7.47. The highest BCUT2D eigenvalue weighted by molar-refractivity contribution is 5.29. The van der Waals surface area contributed by atoms with E-state index in [1.807, 2.05) is 13.8 Å². The zero-order valence-corrected chi connectivity index (χ0v) is 14.2. The third kappa shape index (κ3) is 5.06. The summed E-state index contributed by atoms with van der Waals surface area (Å²) in [4.78, 5) is 13.7. The lowest BCUT2D eigenvalue weighted by Gasteiger charge is -2.22. The van der Waals surface area contributed by atoms with E-state index in [0.29, 0.717) is 13.0 Å². The van der Waals surface area contributed by atoms with E-state index in [4.69, 9.17) is 0 Å². The molecule has 0 aromatic carbocycles. The van der Waals surface area contributed by atoms with Gasteiger partial charge in [0.1, 0.15) is 5.56 Å². The zero-order valence-electron chi connectivity index (χ0n) is 14.2. The molecule has 1 aromatic heterocycles. The molecule has 0 spiro atoms. The average molecular weight is 336 g/mol. The molecule has 0 fully saturated rings. The van der Waals surface area contributed by atoms with Crippen molar-refractivity contribution in [2.45, 2.75) is 45.8 Å². The Labute approximate surface area is 133 Å². The van der Waals surface area contributed by atoms with Crippen molar-refractivity contribution < 1.29 is 17.6 Å². The fraction of sp³-hybridized carbons (Fsp3) is 0.688. The summed E-state index contributed by atoms with van der Waals surface area (Å²) in [6, 6.07) is -0.364. The van der Waals surface area contributed by atoms with Crippen molar-refractivity contribution in [3.8, 4) is 0 Å². The summed E-state index contributed by atoms with van der Waals surface area (Å²) in [6.07, 6.45) is -3.11. The maximum atomic E-state index is 14.2. The lowest BCUT2D eigenvalue weighted by atomic mass is 10.0. The van der Waals surface area contributed by atoms with Crippen molar-refractivity contribution in [1.82, 2.24) is 9.47 Å². The third-order valence-corrected chi connectivity index (χ3v) is 3.66. The summed E-state index contributed by atoms with van der Waals surface area (Å²) in [5.74, 6) is -1.46. The predicted octanol–water partition coefficient (Wildman–Crippen LogP) is 3.72. The molecule has 0 aliphatic heterocycles. The maximum absolute atomic E-state index is 14.2. The minimum Gasteiger partial charge on any atom is -0.310 e. The number of nitrogens with zero attached hydrogens (tertiary/aromatic N) is 2. The van der Waals surface area contributed by atoms with Gasteiger partial charge in [-0.2, -0.15) is 13.2 Å². The molecule has 7 heteroatoms. The lowest BCUT2D eigenvalue weighted by molar-refractivity contribution is -0.140. The summed E-state index contributed by atoms with van der Waals surface area (Å²) in [6.45, 7) is 5.92. The molecule has 0 bridgehead atoms. The summed E-state index contributed by atoms with van der Waals surface area (Å²) >= 11 is 0. The number of hydrogen-bond acceptors (Lipinski definition) is 2. The van der Waals surface area contributed by atoms with Crippen molar-refractivity contribution in [3.05, 3.63) is 33.5 Å². The van der Waals surface area contributed by atoms with Crippen LogP contribution in [0.15, 0.2) is 11.0 Å². The van der Waals surface area contributed by atoms with Gasteiger partial charge in [-0.15, -0.1) is 0 Å². The summed E-state index contributed by atoms with van der Waals surface area (Å²) in [5.41, 5.74) is -2.82. The van der Waals surface area contributed by atoms with E-state index in [9.17, 15) is 22.4 Å². The van der Waals surface area contributed by atoms with E-state index in [2.05, 4.69) is 0 Å². The van der Waals surface area contributed by atoms with Crippen LogP contribution < -0.4 is 5.56 Å². The normalized spacial score (nSPS) is 13.9. The first-order valence-electron chi connectivity index (χ1n) is 7.60. The highest BCUT2D eigenvalue weighted by Crippen LogP contribution is 2.33. The molecule has 0 N–H and O–H groups in total. The topological polar surface area (TPSA) is 25.2 Å². The molecule has 1 atom stereocenters. The minimum absolute atomic E-state index is 0.0213. The van der Waals surface area contributed by atoms with Crippen LogP contribution >= 0.6 is 0 Å². The molecule has 132 valence electrons. The predicted molar refractivity (Wildman–Crippen MR) is 82.1 cm³/mol. The molecule has 1 rings (SSSR count). The molecule has 0 amide bonds. The summed E-state index contributed by atoms with van der Waals surface area (Å²) in [7, 11) is 3.45. The largest absolute Gasteiger partial charge is 0.419 e. The van der Waals surface area contributed by atoms with Gasteiger partial charge in [-0.3, -0.25) is 4.79 Å². The van der Waals surface area contributed by atoms with Gasteiger partial charge in [-0.1, -0.05) is 13.8 Å². The zero-order chi connectivity index (χ0) is 17.9. The second-order valence-corrected chi connectivity index (χ2v) is 6.59. The number of hydrogen-bond donors (Lipinski definition) is 0. The van der Waals surface area contributed by atoms with Gasteiger partial charge in [0.2, 0.25) is 5.82 Å². The van der Waals surface area contributed by atoms with Crippen LogP contribution in [0, 0.1) is 11.7 Å². The number of pyridine rings is 1. The van der Waals surface area contributed by atoms with Crippen LogP contribution in [0.4, 0.5) is 17.6 Å². The number of halogens is 4. The summed E-state index contributed by atoms with van der Waals surface area (Å²) in [5, 5.41) is 0. The number of aromatic nitrogens is 1. The molecule has 1 aromatic rings. The van der Waals surface area contributed by atoms with Gasteiger partial charge in [-0.05, 0) is 45.3 Å².